The van der Waals surface area contributed by atoms with Gasteiger partial charge >= 0.3 is 5.97 Å². The number of carbonyl (C=O) groups is 1. The second kappa shape index (κ2) is 5.42. The molecule has 0 amide bonds. The molecule has 0 aliphatic carbocycles. The largest absolute Gasteiger partial charge is 0.478 e. The van der Waals surface area contributed by atoms with Crippen LogP contribution in [0.3, 0.4) is 0 Å². The molecule has 1 aromatic carbocycles. The summed E-state index contributed by atoms with van der Waals surface area (Å²) in [6.45, 7) is 4.49. The van der Waals surface area contributed by atoms with Gasteiger partial charge in [-0.05, 0) is 18.2 Å². The van der Waals surface area contributed by atoms with Crippen LogP contribution in [0.15, 0.2) is 24.5 Å². The van der Waals surface area contributed by atoms with Gasteiger partial charge in [-0.3, -0.25) is 0 Å². The van der Waals surface area contributed by atoms with Crippen LogP contribution < -0.4 is 5.32 Å². The minimum Gasteiger partial charge on any atom is -0.478 e. The van der Waals surface area contributed by atoms with Crippen LogP contribution in [0.4, 0.5) is 5.82 Å². The number of benzene rings is 1. The first-order valence-electron chi connectivity index (χ1n) is 6.26. The number of anilines is 1. The molecular weight excluding hydrogens is 258 g/mol. The fourth-order valence-corrected chi connectivity index (χ4v) is 1.71. The van der Waals surface area contributed by atoms with Gasteiger partial charge in [-0.2, -0.15) is 0 Å². The van der Waals surface area contributed by atoms with E-state index in [0.29, 0.717) is 17.9 Å². The van der Waals surface area contributed by atoms with Crippen LogP contribution in [0, 0.1) is 5.41 Å². The number of hydrogen-bond acceptors (Lipinski definition) is 5. The van der Waals surface area contributed by atoms with Crippen LogP contribution in [0.2, 0.25) is 0 Å². The standard InChI is InChI=1S/C14H17N3O3/c1-14(2,7-18)6-15-12-10-4-3-9(13(19)20)5-11(10)16-8-17-12/h3-5,8,18H,6-7H2,1-2H3,(H,19,20)(H,15,16,17). The number of aromatic nitrogens is 2. The summed E-state index contributed by atoms with van der Waals surface area (Å²) in [6.07, 6.45) is 1.39. The Morgan fingerprint density at radius 2 is 2.10 bits per heavy atom. The molecule has 1 heterocycles. The molecule has 0 unspecified atom stereocenters. The molecule has 106 valence electrons. The first-order chi connectivity index (χ1) is 9.43. The van der Waals surface area contributed by atoms with Crippen molar-refractivity contribution in [1.29, 1.82) is 0 Å². The number of carboxylic acid groups (broad SMARTS) is 1. The van der Waals surface area contributed by atoms with Crippen LogP contribution in [0.25, 0.3) is 10.9 Å². The second-order valence-electron chi connectivity index (χ2n) is 5.44. The quantitative estimate of drug-likeness (QED) is 0.769. The molecule has 0 spiro atoms. The maximum absolute atomic E-state index is 10.9. The first-order valence-corrected chi connectivity index (χ1v) is 6.26. The predicted octanol–water partition coefficient (Wildman–Crippen LogP) is 1.76. The van der Waals surface area contributed by atoms with E-state index in [9.17, 15) is 9.90 Å². The van der Waals surface area contributed by atoms with Gasteiger partial charge in [0.15, 0.2) is 0 Å². The van der Waals surface area contributed by atoms with E-state index < -0.39 is 5.97 Å². The molecule has 0 bridgehead atoms. The van der Waals surface area contributed by atoms with Crippen LogP contribution in [-0.4, -0.2) is 39.3 Å². The molecule has 2 rings (SSSR count). The molecule has 3 N–H and O–H groups in total. The zero-order valence-electron chi connectivity index (χ0n) is 11.4. The summed E-state index contributed by atoms with van der Waals surface area (Å²) in [7, 11) is 0. The van der Waals surface area contributed by atoms with E-state index in [1.807, 2.05) is 13.8 Å². The Morgan fingerprint density at radius 3 is 2.75 bits per heavy atom. The Balaban J connectivity index is 2.33. The molecule has 0 aliphatic rings. The minimum absolute atomic E-state index is 0.0617. The van der Waals surface area contributed by atoms with Gasteiger partial charge in [0.05, 0.1) is 11.1 Å². The molecule has 0 aliphatic heterocycles. The molecule has 2 aromatic rings. The number of nitrogens with zero attached hydrogens (tertiary/aromatic N) is 2. The van der Waals surface area contributed by atoms with E-state index >= 15 is 0 Å². The fourth-order valence-electron chi connectivity index (χ4n) is 1.71. The number of hydrogen-bond donors (Lipinski definition) is 3. The highest BCUT2D eigenvalue weighted by atomic mass is 16.4. The normalized spacial score (nSPS) is 11.6. The summed E-state index contributed by atoms with van der Waals surface area (Å²) < 4.78 is 0. The van der Waals surface area contributed by atoms with Crippen LogP contribution in [-0.2, 0) is 0 Å². The van der Waals surface area contributed by atoms with E-state index in [4.69, 9.17) is 5.11 Å². The van der Waals surface area contributed by atoms with Gasteiger partial charge in [0.1, 0.15) is 12.1 Å². The number of aliphatic hydroxyl groups is 1. The molecule has 0 atom stereocenters. The zero-order chi connectivity index (χ0) is 14.8. The molecule has 0 fully saturated rings. The SMILES string of the molecule is CC(C)(CO)CNc1ncnc2cc(C(=O)O)ccc12. The van der Waals surface area contributed by atoms with E-state index in [2.05, 4.69) is 15.3 Å². The molecule has 6 heteroatoms. The van der Waals surface area contributed by atoms with Gasteiger partial charge < -0.3 is 15.5 Å². The van der Waals surface area contributed by atoms with Crippen molar-refractivity contribution < 1.29 is 15.0 Å². The van der Waals surface area contributed by atoms with Crippen LogP contribution in [0.5, 0.6) is 0 Å². The lowest BCUT2D eigenvalue weighted by atomic mass is 9.95. The molecule has 20 heavy (non-hydrogen) atoms. The van der Waals surface area contributed by atoms with Gasteiger partial charge in [-0.15, -0.1) is 0 Å². The Bertz CT molecular complexity index is 641. The molecular formula is C14H17N3O3. The average Bonchev–Trinajstić information content (AvgIpc) is 2.44. The van der Waals surface area contributed by atoms with Crippen molar-refractivity contribution >= 4 is 22.7 Å². The Hall–Kier alpha value is -2.21. The van der Waals surface area contributed by atoms with Crippen molar-refractivity contribution in [3.05, 3.63) is 30.1 Å². The number of aliphatic hydroxyl groups excluding tert-OH is 1. The highest BCUT2D eigenvalue weighted by Crippen LogP contribution is 2.22. The number of fused-ring (bicyclic) bond motifs is 1. The predicted molar refractivity (Wildman–Crippen MR) is 75.9 cm³/mol. The third kappa shape index (κ3) is 3.03. The van der Waals surface area contributed by atoms with E-state index in [0.717, 1.165) is 5.39 Å². The van der Waals surface area contributed by atoms with Gasteiger partial charge in [0.2, 0.25) is 0 Å². The zero-order valence-corrected chi connectivity index (χ0v) is 11.4. The highest BCUT2D eigenvalue weighted by Gasteiger charge is 2.17. The second-order valence-corrected chi connectivity index (χ2v) is 5.44. The average molecular weight is 275 g/mol. The Labute approximate surface area is 116 Å². The van der Waals surface area contributed by atoms with Crippen molar-refractivity contribution in [3.8, 4) is 0 Å². The van der Waals surface area contributed by atoms with Gasteiger partial charge in [0, 0.05) is 24.0 Å². The third-order valence-electron chi connectivity index (χ3n) is 3.05. The number of nitrogens with one attached hydrogen (secondary N) is 1. The van der Waals surface area contributed by atoms with Crippen molar-refractivity contribution in [1.82, 2.24) is 9.97 Å². The lowest BCUT2D eigenvalue weighted by Crippen LogP contribution is -2.27. The van der Waals surface area contributed by atoms with Gasteiger partial charge in [0.25, 0.3) is 0 Å². The molecule has 0 radical (unpaired) electrons. The summed E-state index contributed by atoms with van der Waals surface area (Å²) in [5.41, 5.74) is 0.500. The van der Waals surface area contributed by atoms with Crippen molar-refractivity contribution in [2.24, 2.45) is 5.41 Å². The lowest BCUT2D eigenvalue weighted by Gasteiger charge is -2.22. The summed E-state index contributed by atoms with van der Waals surface area (Å²) in [5.74, 6) is -0.352. The van der Waals surface area contributed by atoms with Gasteiger partial charge in [-0.25, -0.2) is 14.8 Å². The van der Waals surface area contributed by atoms with Crippen molar-refractivity contribution in [3.63, 3.8) is 0 Å². The lowest BCUT2D eigenvalue weighted by molar-refractivity contribution is 0.0697. The smallest absolute Gasteiger partial charge is 0.335 e. The van der Waals surface area contributed by atoms with Gasteiger partial charge in [-0.1, -0.05) is 13.8 Å². The fraction of sp³-hybridized carbons (Fsp3) is 0.357. The summed E-state index contributed by atoms with van der Waals surface area (Å²) in [5, 5.41) is 22.1. The topological polar surface area (TPSA) is 95.3 Å². The number of aromatic carboxylic acids is 1. The summed E-state index contributed by atoms with van der Waals surface area (Å²) in [4.78, 5) is 19.2. The molecule has 6 nitrogen and oxygen atoms in total. The van der Waals surface area contributed by atoms with Crippen molar-refractivity contribution in [2.45, 2.75) is 13.8 Å². The van der Waals surface area contributed by atoms with E-state index in [-0.39, 0.29) is 17.6 Å². The molecule has 1 aromatic heterocycles. The highest BCUT2D eigenvalue weighted by molar-refractivity contribution is 5.96. The van der Waals surface area contributed by atoms with E-state index in [1.54, 1.807) is 6.07 Å². The Kier molecular flexibility index (Phi) is 3.85. The maximum Gasteiger partial charge on any atom is 0.335 e. The van der Waals surface area contributed by atoms with E-state index in [1.165, 1.54) is 18.5 Å². The maximum atomic E-state index is 10.9. The number of carboxylic acids is 1. The monoisotopic (exact) mass is 275 g/mol. The molecule has 0 saturated carbocycles. The third-order valence-corrected chi connectivity index (χ3v) is 3.05. The minimum atomic E-state index is -0.985. The van der Waals surface area contributed by atoms with Crippen LogP contribution >= 0.6 is 0 Å². The van der Waals surface area contributed by atoms with Crippen LogP contribution in [0.1, 0.15) is 24.2 Å². The van der Waals surface area contributed by atoms with Crippen molar-refractivity contribution in [2.75, 3.05) is 18.5 Å². The first kappa shape index (κ1) is 14.2. The summed E-state index contributed by atoms with van der Waals surface area (Å²) >= 11 is 0. The summed E-state index contributed by atoms with van der Waals surface area (Å²) in [6, 6.07) is 4.73. The number of rotatable bonds is 5. The Morgan fingerprint density at radius 1 is 1.35 bits per heavy atom. The molecule has 0 saturated heterocycles.